The van der Waals surface area contributed by atoms with E-state index in [0.29, 0.717) is 6.42 Å². The monoisotopic (exact) mass is 346 g/mol. The number of carbonyl (C=O) groups excluding carboxylic acids is 1. The molecule has 0 aromatic rings. The van der Waals surface area contributed by atoms with E-state index in [9.17, 15) is 4.79 Å². The van der Waals surface area contributed by atoms with Crippen LogP contribution in [0.2, 0.25) is 0 Å². The number of hydrogen-bond donors (Lipinski definition) is 1. The number of nitrogens with zero attached hydrogens (tertiary/aromatic N) is 1. The Morgan fingerprint density at radius 3 is 1.96 bits per heavy atom. The van der Waals surface area contributed by atoms with Crippen LogP contribution in [0.5, 0.6) is 0 Å². The molecule has 3 heteroatoms. The van der Waals surface area contributed by atoms with Gasteiger partial charge in [-0.25, -0.2) is 0 Å². The molecule has 0 aromatic heterocycles. The molecule has 25 heavy (non-hydrogen) atoms. The van der Waals surface area contributed by atoms with E-state index in [1.165, 1.54) is 70.6 Å². The second kappa shape index (κ2) is 13.9. The number of unbranched alkanes of at least 4 members (excludes halogenated alkanes) is 11. The first-order valence-corrected chi connectivity index (χ1v) is 10.6. The van der Waals surface area contributed by atoms with Crippen LogP contribution in [0.3, 0.4) is 0 Å². The van der Waals surface area contributed by atoms with E-state index in [2.05, 4.69) is 30.5 Å². The Balaban J connectivity index is 1.79. The molecular weight excluding hydrogens is 308 g/mol. The Bertz CT molecular complexity index is 418. The van der Waals surface area contributed by atoms with Gasteiger partial charge in [0, 0.05) is 6.42 Å². The molecule has 0 saturated heterocycles. The van der Waals surface area contributed by atoms with Crippen molar-refractivity contribution in [2.75, 3.05) is 0 Å². The molecule has 1 N–H and O–H groups in total. The largest absolute Gasteiger partial charge is 0.338 e. The molecule has 0 unspecified atom stereocenters. The lowest BCUT2D eigenvalue weighted by molar-refractivity contribution is -0.121. The maximum atomic E-state index is 11.7. The predicted octanol–water partition coefficient (Wildman–Crippen LogP) is 6.20. The summed E-state index contributed by atoms with van der Waals surface area (Å²) in [6.45, 7) is 2.26. The summed E-state index contributed by atoms with van der Waals surface area (Å²) in [6, 6.07) is 2.20. The van der Waals surface area contributed by atoms with Crippen molar-refractivity contribution in [2.24, 2.45) is 0 Å². The number of nitrogens with one attached hydrogen (secondary N) is 1. The van der Waals surface area contributed by atoms with Crippen molar-refractivity contribution in [2.45, 2.75) is 115 Å². The Kier molecular flexibility index (Phi) is 12.1. The molecule has 0 radical (unpaired) electrons. The van der Waals surface area contributed by atoms with Crippen molar-refractivity contribution in [3.05, 3.63) is 12.2 Å². The third-order valence-corrected chi connectivity index (χ3v) is 5.01. The van der Waals surface area contributed by atoms with Crippen LogP contribution in [0, 0.1) is 11.3 Å². The van der Waals surface area contributed by atoms with Gasteiger partial charge in [-0.1, -0.05) is 70.4 Å². The van der Waals surface area contributed by atoms with E-state index in [4.69, 9.17) is 5.26 Å². The molecule has 0 aromatic carbocycles. The highest BCUT2D eigenvalue weighted by Gasteiger charge is 2.44. The highest BCUT2D eigenvalue weighted by atomic mass is 16.1. The van der Waals surface area contributed by atoms with Crippen molar-refractivity contribution in [1.82, 2.24) is 5.32 Å². The summed E-state index contributed by atoms with van der Waals surface area (Å²) >= 11 is 0. The first-order valence-electron chi connectivity index (χ1n) is 10.6. The Morgan fingerprint density at radius 1 is 0.920 bits per heavy atom. The minimum Gasteiger partial charge on any atom is -0.338 e. The summed E-state index contributed by atoms with van der Waals surface area (Å²) < 4.78 is 0. The standard InChI is InChI=1S/C22H38N2O/c1-2-3-4-5-6-7-8-9-10-11-12-13-14-15-16-17-21(25)24-22(20-23)18-19-22/h9-10H,2-8,11-19H2,1H3,(H,24,25)/b10-9-. The van der Waals surface area contributed by atoms with Gasteiger partial charge in [0.1, 0.15) is 5.54 Å². The summed E-state index contributed by atoms with van der Waals surface area (Å²) in [5, 5.41) is 11.8. The molecule has 0 aliphatic heterocycles. The average Bonchev–Trinajstić information content (AvgIpc) is 3.38. The third kappa shape index (κ3) is 11.8. The lowest BCUT2D eigenvalue weighted by Crippen LogP contribution is -2.35. The quantitative estimate of drug-likeness (QED) is 0.267. The smallest absolute Gasteiger partial charge is 0.221 e. The van der Waals surface area contributed by atoms with Gasteiger partial charge in [0.25, 0.3) is 0 Å². The van der Waals surface area contributed by atoms with Crippen LogP contribution in [0.25, 0.3) is 0 Å². The normalized spacial score (nSPS) is 15.2. The van der Waals surface area contributed by atoms with Gasteiger partial charge in [-0.3, -0.25) is 4.79 Å². The van der Waals surface area contributed by atoms with E-state index in [-0.39, 0.29) is 5.91 Å². The van der Waals surface area contributed by atoms with Crippen LogP contribution in [0.1, 0.15) is 110 Å². The highest BCUT2D eigenvalue weighted by Crippen LogP contribution is 2.34. The molecular formula is C22H38N2O. The molecule has 1 fully saturated rings. The van der Waals surface area contributed by atoms with Gasteiger partial charge in [0.15, 0.2) is 0 Å². The minimum absolute atomic E-state index is 0.0525. The van der Waals surface area contributed by atoms with Gasteiger partial charge in [-0.15, -0.1) is 0 Å². The van der Waals surface area contributed by atoms with Gasteiger partial charge in [0.05, 0.1) is 6.07 Å². The van der Waals surface area contributed by atoms with Crippen LogP contribution in [-0.4, -0.2) is 11.4 Å². The summed E-state index contributed by atoms with van der Waals surface area (Å²) in [7, 11) is 0. The molecule has 0 spiro atoms. The fourth-order valence-corrected chi connectivity index (χ4v) is 3.08. The topological polar surface area (TPSA) is 52.9 Å². The van der Waals surface area contributed by atoms with Gasteiger partial charge in [-0.2, -0.15) is 5.26 Å². The van der Waals surface area contributed by atoms with Crippen LogP contribution in [0.15, 0.2) is 12.2 Å². The molecule has 142 valence electrons. The lowest BCUT2D eigenvalue weighted by Gasteiger charge is -2.08. The Labute approximate surface area is 155 Å². The SMILES string of the molecule is CCCCCCCC/C=C\CCCCCCCC(=O)NC1(C#N)CC1. The first kappa shape index (κ1) is 21.7. The average molecular weight is 347 g/mol. The summed E-state index contributed by atoms with van der Waals surface area (Å²) in [6.07, 6.45) is 23.4. The fourth-order valence-electron chi connectivity index (χ4n) is 3.08. The lowest BCUT2D eigenvalue weighted by atomic mass is 10.1. The third-order valence-electron chi connectivity index (χ3n) is 5.01. The van der Waals surface area contributed by atoms with E-state index in [0.717, 1.165) is 25.7 Å². The van der Waals surface area contributed by atoms with E-state index in [1.807, 2.05) is 0 Å². The zero-order valence-corrected chi connectivity index (χ0v) is 16.3. The van der Waals surface area contributed by atoms with Crippen LogP contribution in [0.4, 0.5) is 0 Å². The fraction of sp³-hybridized carbons (Fsp3) is 0.818. The van der Waals surface area contributed by atoms with Crippen molar-refractivity contribution in [3.8, 4) is 6.07 Å². The van der Waals surface area contributed by atoms with Crippen molar-refractivity contribution in [3.63, 3.8) is 0 Å². The number of rotatable bonds is 16. The maximum Gasteiger partial charge on any atom is 0.221 e. The molecule has 1 aliphatic carbocycles. The highest BCUT2D eigenvalue weighted by molar-refractivity contribution is 5.77. The van der Waals surface area contributed by atoms with Gasteiger partial charge in [-0.05, 0) is 44.9 Å². The van der Waals surface area contributed by atoms with Crippen molar-refractivity contribution in [1.29, 1.82) is 5.26 Å². The zero-order valence-electron chi connectivity index (χ0n) is 16.3. The zero-order chi connectivity index (χ0) is 18.2. The second-order valence-corrected chi connectivity index (χ2v) is 7.58. The molecule has 1 rings (SSSR count). The molecule has 0 bridgehead atoms. The van der Waals surface area contributed by atoms with Crippen LogP contribution < -0.4 is 5.32 Å². The van der Waals surface area contributed by atoms with Gasteiger partial charge < -0.3 is 5.32 Å². The number of amides is 1. The summed E-state index contributed by atoms with van der Waals surface area (Å²) in [5.41, 5.74) is -0.501. The number of hydrogen-bond acceptors (Lipinski definition) is 2. The number of allylic oxidation sites excluding steroid dienone is 2. The number of nitriles is 1. The van der Waals surface area contributed by atoms with Crippen LogP contribution in [-0.2, 0) is 4.79 Å². The molecule has 1 saturated carbocycles. The van der Waals surface area contributed by atoms with Crippen molar-refractivity contribution >= 4 is 5.91 Å². The predicted molar refractivity (Wildman–Crippen MR) is 105 cm³/mol. The molecule has 0 atom stereocenters. The molecule has 1 aliphatic rings. The van der Waals surface area contributed by atoms with E-state index >= 15 is 0 Å². The van der Waals surface area contributed by atoms with E-state index < -0.39 is 5.54 Å². The maximum absolute atomic E-state index is 11.7. The summed E-state index contributed by atoms with van der Waals surface area (Å²) in [4.78, 5) is 11.7. The molecule has 0 heterocycles. The first-order chi connectivity index (χ1) is 12.2. The number of carbonyl (C=O) groups is 1. The van der Waals surface area contributed by atoms with Gasteiger partial charge in [0.2, 0.25) is 5.91 Å². The van der Waals surface area contributed by atoms with Crippen molar-refractivity contribution < 1.29 is 4.79 Å². The van der Waals surface area contributed by atoms with Crippen LogP contribution >= 0.6 is 0 Å². The Morgan fingerprint density at radius 2 is 1.44 bits per heavy atom. The minimum atomic E-state index is -0.501. The van der Waals surface area contributed by atoms with E-state index in [1.54, 1.807) is 0 Å². The summed E-state index contributed by atoms with van der Waals surface area (Å²) in [5.74, 6) is 0.0525. The van der Waals surface area contributed by atoms with Gasteiger partial charge >= 0.3 is 0 Å². The molecule has 3 nitrogen and oxygen atoms in total. The Hall–Kier alpha value is -1.30. The molecule has 1 amide bonds. The second-order valence-electron chi connectivity index (χ2n) is 7.58.